The number of allylic oxidation sites excluding steroid dienone is 1. The van der Waals surface area contributed by atoms with Crippen molar-refractivity contribution in [3.63, 3.8) is 0 Å². The van der Waals surface area contributed by atoms with Crippen molar-refractivity contribution in [1.82, 2.24) is 4.90 Å². The van der Waals surface area contributed by atoms with Gasteiger partial charge in [0.1, 0.15) is 17.7 Å². The molecule has 0 amide bonds. The standard InChI is InChI=1S/C31H33F2NO2S.2C3H8/c1-3-4-15-34-16-13-25(20-34)35-23-8-6-22(7-9-23)31-27(26-11-5-21(2)18-29(26)32)14-17-37-30-19-24(36-33)10-12-28(30)31;2*1-3-2/h5-12,18-19,25H,3-4,13-17,20H2,1-2H3;2*3H2,1-2H3/t25-;;/m0../s1. The SMILES string of the molecule is CCC.CCC.CCCCN1CC[C@H](Oc2ccc(C3=C(c4ccc(C)cc4F)CCSc4cc(OF)ccc43)cc2)C1. The fraction of sp³-hybridized carbons (Fsp3) is 0.459. The van der Waals surface area contributed by atoms with Gasteiger partial charge in [-0.15, -0.1) is 11.8 Å². The second-order valence-electron chi connectivity index (χ2n) is 11.3. The number of likely N-dealkylation sites (tertiary alicyclic amines) is 1. The van der Waals surface area contributed by atoms with Gasteiger partial charge in [0.05, 0.1) is 0 Å². The highest BCUT2D eigenvalue weighted by molar-refractivity contribution is 7.99. The number of benzene rings is 3. The molecule has 3 nitrogen and oxygen atoms in total. The van der Waals surface area contributed by atoms with Gasteiger partial charge in [0.25, 0.3) is 0 Å². The monoisotopic (exact) mass is 609 g/mol. The van der Waals surface area contributed by atoms with Gasteiger partial charge < -0.3 is 4.74 Å². The predicted molar refractivity (Wildman–Crippen MR) is 179 cm³/mol. The van der Waals surface area contributed by atoms with Crippen LogP contribution in [0.15, 0.2) is 65.6 Å². The number of aryl methyl sites for hydroxylation is 1. The van der Waals surface area contributed by atoms with Crippen molar-refractivity contribution in [3.8, 4) is 11.5 Å². The van der Waals surface area contributed by atoms with E-state index in [1.165, 1.54) is 25.7 Å². The lowest BCUT2D eigenvalue weighted by Gasteiger charge is -2.19. The predicted octanol–water partition coefficient (Wildman–Crippen LogP) is 10.9. The number of ether oxygens (including phenoxy) is 1. The first kappa shape index (κ1) is 34.7. The summed E-state index contributed by atoms with van der Waals surface area (Å²) in [4.78, 5) is 7.40. The third-order valence-electron chi connectivity index (χ3n) is 7.18. The van der Waals surface area contributed by atoms with Crippen LogP contribution in [-0.4, -0.2) is 36.4 Å². The number of unbranched alkanes of at least 4 members (excludes halogenated alkanes) is 1. The molecule has 5 rings (SSSR count). The molecular formula is C37H49F2NO2S. The maximum atomic E-state index is 15.2. The molecule has 0 unspecified atom stereocenters. The normalized spacial score (nSPS) is 16.3. The third-order valence-corrected chi connectivity index (χ3v) is 8.23. The second kappa shape index (κ2) is 18.1. The highest BCUT2D eigenvalue weighted by Crippen LogP contribution is 2.44. The van der Waals surface area contributed by atoms with E-state index in [2.05, 4.69) is 56.6 Å². The number of hydrogen-bond donors (Lipinski definition) is 0. The molecule has 0 aliphatic carbocycles. The molecule has 3 aromatic rings. The Hall–Kier alpha value is -2.83. The zero-order valence-corrected chi connectivity index (χ0v) is 27.7. The molecule has 0 spiro atoms. The van der Waals surface area contributed by atoms with E-state index in [1.807, 2.05) is 37.3 Å². The van der Waals surface area contributed by atoms with Gasteiger partial charge in [-0.2, -0.15) is 0 Å². The van der Waals surface area contributed by atoms with Crippen LogP contribution in [0.25, 0.3) is 11.1 Å². The minimum absolute atomic E-state index is 0.170. The second-order valence-corrected chi connectivity index (χ2v) is 12.4. The zero-order chi connectivity index (χ0) is 31.2. The number of fused-ring (bicyclic) bond motifs is 1. The van der Waals surface area contributed by atoms with Crippen LogP contribution in [0.1, 0.15) is 95.4 Å². The van der Waals surface area contributed by atoms with E-state index < -0.39 is 0 Å². The van der Waals surface area contributed by atoms with Crippen LogP contribution in [0.4, 0.5) is 8.92 Å². The quantitative estimate of drug-likeness (QED) is 0.253. The maximum Gasteiger partial charge on any atom is 0.173 e. The van der Waals surface area contributed by atoms with Gasteiger partial charge in [-0.05, 0) is 97.0 Å². The lowest BCUT2D eigenvalue weighted by Crippen LogP contribution is -2.25. The average molecular weight is 610 g/mol. The van der Waals surface area contributed by atoms with Crippen molar-refractivity contribution in [1.29, 1.82) is 0 Å². The minimum atomic E-state index is -0.224. The Kier molecular flexibility index (Phi) is 14.6. The summed E-state index contributed by atoms with van der Waals surface area (Å²) < 4.78 is 34.5. The molecule has 234 valence electrons. The van der Waals surface area contributed by atoms with Crippen molar-refractivity contribution in [2.24, 2.45) is 0 Å². The van der Waals surface area contributed by atoms with E-state index in [0.29, 0.717) is 12.0 Å². The van der Waals surface area contributed by atoms with Crippen LogP contribution in [0.2, 0.25) is 0 Å². The molecule has 3 aromatic carbocycles. The lowest BCUT2D eigenvalue weighted by atomic mass is 9.87. The average Bonchev–Trinajstić information content (AvgIpc) is 3.36. The minimum Gasteiger partial charge on any atom is -0.489 e. The van der Waals surface area contributed by atoms with Gasteiger partial charge in [0.15, 0.2) is 5.75 Å². The van der Waals surface area contributed by atoms with Crippen LogP contribution in [0, 0.1) is 12.7 Å². The molecule has 1 atom stereocenters. The first-order chi connectivity index (χ1) is 20.9. The summed E-state index contributed by atoms with van der Waals surface area (Å²) >= 11 is 1.63. The van der Waals surface area contributed by atoms with Gasteiger partial charge in [-0.3, -0.25) is 9.84 Å². The summed E-state index contributed by atoms with van der Waals surface area (Å²) in [6, 6.07) is 18.7. The summed E-state index contributed by atoms with van der Waals surface area (Å²) in [6.07, 6.45) is 6.86. The van der Waals surface area contributed by atoms with Gasteiger partial charge in [0, 0.05) is 33.8 Å². The first-order valence-electron chi connectivity index (χ1n) is 15.9. The molecule has 0 bridgehead atoms. The van der Waals surface area contributed by atoms with Crippen molar-refractivity contribution >= 4 is 22.9 Å². The first-order valence-corrected chi connectivity index (χ1v) is 16.9. The van der Waals surface area contributed by atoms with Crippen LogP contribution < -0.4 is 9.68 Å². The molecule has 43 heavy (non-hydrogen) atoms. The van der Waals surface area contributed by atoms with Gasteiger partial charge in [-0.1, -0.05) is 78.1 Å². The zero-order valence-electron chi connectivity index (χ0n) is 26.8. The van der Waals surface area contributed by atoms with Crippen molar-refractivity contribution in [3.05, 3.63) is 88.7 Å². The molecule has 1 saturated heterocycles. The van der Waals surface area contributed by atoms with Gasteiger partial charge in [-0.25, -0.2) is 4.39 Å². The van der Waals surface area contributed by atoms with E-state index >= 15 is 4.39 Å². The molecule has 2 aliphatic heterocycles. The third kappa shape index (κ3) is 9.84. The summed E-state index contributed by atoms with van der Waals surface area (Å²) in [5.74, 6) is 1.55. The lowest BCUT2D eigenvalue weighted by molar-refractivity contribution is -0.00646. The fourth-order valence-corrected chi connectivity index (χ4v) is 6.31. The Morgan fingerprint density at radius 1 is 0.884 bits per heavy atom. The summed E-state index contributed by atoms with van der Waals surface area (Å²) in [7, 11) is 0. The number of halogens is 2. The summed E-state index contributed by atoms with van der Waals surface area (Å²) in [6.45, 7) is 15.8. The van der Waals surface area contributed by atoms with E-state index in [1.54, 1.807) is 30.0 Å². The van der Waals surface area contributed by atoms with Gasteiger partial charge in [0.2, 0.25) is 0 Å². The molecule has 0 N–H and O–H groups in total. The Morgan fingerprint density at radius 2 is 1.56 bits per heavy atom. The van der Waals surface area contributed by atoms with E-state index in [0.717, 1.165) is 70.3 Å². The topological polar surface area (TPSA) is 21.7 Å². The molecule has 0 saturated carbocycles. The Morgan fingerprint density at radius 3 is 2.21 bits per heavy atom. The Labute approximate surface area is 262 Å². The smallest absolute Gasteiger partial charge is 0.173 e. The molecule has 0 radical (unpaired) electrons. The van der Waals surface area contributed by atoms with E-state index in [9.17, 15) is 4.53 Å². The Bertz CT molecular complexity index is 1310. The number of nitrogens with zero attached hydrogens (tertiary/aromatic N) is 1. The fourth-order valence-electron chi connectivity index (χ4n) is 5.26. The van der Waals surface area contributed by atoms with Crippen molar-refractivity contribution in [2.75, 3.05) is 25.4 Å². The van der Waals surface area contributed by atoms with E-state index in [4.69, 9.17) is 4.74 Å². The summed E-state index contributed by atoms with van der Waals surface area (Å²) in [5.41, 5.74) is 5.35. The van der Waals surface area contributed by atoms with E-state index in [-0.39, 0.29) is 17.7 Å². The highest BCUT2D eigenvalue weighted by Gasteiger charge is 2.25. The summed E-state index contributed by atoms with van der Waals surface area (Å²) in [5, 5.41) is 0. The molecule has 2 aliphatic rings. The van der Waals surface area contributed by atoms with Crippen LogP contribution in [0.5, 0.6) is 11.5 Å². The molecule has 2 heterocycles. The molecule has 6 heteroatoms. The highest BCUT2D eigenvalue weighted by atomic mass is 32.2. The van der Waals surface area contributed by atoms with Crippen LogP contribution in [-0.2, 0) is 0 Å². The van der Waals surface area contributed by atoms with Crippen LogP contribution in [0.3, 0.4) is 0 Å². The Balaban J connectivity index is 0.000000780. The number of rotatable bonds is 8. The van der Waals surface area contributed by atoms with Gasteiger partial charge >= 0.3 is 0 Å². The number of thioether (sulfide) groups is 1. The van der Waals surface area contributed by atoms with Crippen molar-refractivity contribution < 1.29 is 18.6 Å². The molecule has 1 fully saturated rings. The van der Waals surface area contributed by atoms with Crippen molar-refractivity contribution in [2.45, 2.75) is 91.1 Å². The largest absolute Gasteiger partial charge is 0.489 e. The number of hydrogen-bond acceptors (Lipinski definition) is 4. The molecular weight excluding hydrogens is 560 g/mol. The molecule has 0 aromatic heterocycles. The van der Waals surface area contributed by atoms with Crippen LogP contribution >= 0.6 is 11.8 Å². The maximum absolute atomic E-state index is 15.2.